The van der Waals surface area contributed by atoms with Gasteiger partial charge in [-0.1, -0.05) is 6.07 Å². The molecular formula is C11H20N4. The number of anilines is 1. The van der Waals surface area contributed by atoms with Gasteiger partial charge in [0.15, 0.2) is 0 Å². The molecule has 0 aromatic carbocycles. The van der Waals surface area contributed by atoms with Crippen molar-refractivity contribution in [2.24, 2.45) is 5.73 Å². The summed E-state index contributed by atoms with van der Waals surface area (Å²) in [5, 5.41) is 0. The zero-order valence-electron chi connectivity index (χ0n) is 9.48. The highest BCUT2D eigenvalue weighted by atomic mass is 15.0. The van der Waals surface area contributed by atoms with E-state index in [1.165, 1.54) is 0 Å². The molecule has 1 unspecified atom stereocenters. The van der Waals surface area contributed by atoms with Crippen LogP contribution in [0.2, 0.25) is 0 Å². The summed E-state index contributed by atoms with van der Waals surface area (Å²) in [5.74, 6) is 0.595. The van der Waals surface area contributed by atoms with Crippen LogP contribution in [-0.4, -0.2) is 36.6 Å². The molecule has 0 fully saturated rings. The minimum absolute atomic E-state index is 0.152. The second-order valence-corrected chi connectivity index (χ2v) is 4.10. The molecule has 4 heteroatoms. The van der Waals surface area contributed by atoms with E-state index in [9.17, 15) is 0 Å². The van der Waals surface area contributed by atoms with Crippen LogP contribution in [0.15, 0.2) is 18.3 Å². The summed E-state index contributed by atoms with van der Waals surface area (Å²) in [6, 6.07) is 4.03. The molecule has 0 saturated heterocycles. The lowest BCUT2D eigenvalue weighted by Crippen LogP contribution is -2.28. The second kappa shape index (κ2) is 5.68. The number of aromatic nitrogens is 1. The molecule has 0 aliphatic heterocycles. The Morgan fingerprint density at radius 1 is 1.47 bits per heavy atom. The zero-order valence-corrected chi connectivity index (χ0v) is 9.48. The van der Waals surface area contributed by atoms with Crippen LogP contribution in [0, 0.1) is 0 Å². The third-order valence-electron chi connectivity index (χ3n) is 2.36. The van der Waals surface area contributed by atoms with E-state index in [4.69, 9.17) is 11.5 Å². The molecule has 0 aliphatic rings. The maximum Gasteiger partial charge on any atom is 0.126 e. The summed E-state index contributed by atoms with van der Waals surface area (Å²) in [7, 11) is 4.09. The molecular weight excluding hydrogens is 188 g/mol. The topological polar surface area (TPSA) is 68.2 Å². The van der Waals surface area contributed by atoms with Gasteiger partial charge in [-0.25, -0.2) is 4.98 Å². The van der Waals surface area contributed by atoms with E-state index in [0.717, 1.165) is 24.9 Å². The molecule has 0 saturated carbocycles. The zero-order chi connectivity index (χ0) is 11.3. The maximum absolute atomic E-state index is 6.01. The molecule has 1 aromatic heterocycles. The Labute approximate surface area is 91.3 Å². The number of hydrogen-bond donors (Lipinski definition) is 2. The van der Waals surface area contributed by atoms with Crippen LogP contribution in [0.4, 0.5) is 5.82 Å². The van der Waals surface area contributed by atoms with Gasteiger partial charge in [0.1, 0.15) is 5.82 Å². The molecule has 1 heterocycles. The standard InChI is InChI=1S/C11H20N4/c1-15(2)7-5-10(12)8-9-4-3-6-14-11(9)13/h3-4,6,10H,5,7-8,12H2,1-2H3,(H2,13,14). The normalized spacial score (nSPS) is 13.1. The van der Waals surface area contributed by atoms with Gasteiger partial charge in [-0.3, -0.25) is 0 Å². The first-order valence-electron chi connectivity index (χ1n) is 5.19. The first-order chi connectivity index (χ1) is 7.09. The Balaban J connectivity index is 2.44. The van der Waals surface area contributed by atoms with Gasteiger partial charge in [0.25, 0.3) is 0 Å². The number of nitrogens with zero attached hydrogens (tertiary/aromatic N) is 2. The molecule has 84 valence electrons. The average molecular weight is 208 g/mol. The van der Waals surface area contributed by atoms with Crippen molar-refractivity contribution < 1.29 is 0 Å². The fraction of sp³-hybridized carbons (Fsp3) is 0.545. The monoisotopic (exact) mass is 208 g/mol. The Bertz CT molecular complexity index is 298. The van der Waals surface area contributed by atoms with Crippen molar-refractivity contribution in [2.75, 3.05) is 26.4 Å². The molecule has 0 amide bonds. The Hall–Kier alpha value is -1.13. The fourth-order valence-corrected chi connectivity index (χ4v) is 1.43. The minimum atomic E-state index is 0.152. The number of nitrogen functional groups attached to an aromatic ring is 1. The molecule has 0 bridgehead atoms. The highest BCUT2D eigenvalue weighted by molar-refractivity contribution is 5.38. The SMILES string of the molecule is CN(C)CCC(N)Cc1cccnc1N. The summed E-state index contributed by atoms with van der Waals surface area (Å²) < 4.78 is 0. The third kappa shape index (κ3) is 4.27. The third-order valence-corrected chi connectivity index (χ3v) is 2.36. The van der Waals surface area contributed by atoms with E-state index in [2.05, 4.69) is 9.88 Å². The highest BCUT2D eigenvalue weighted by Gasteiger charge is 2.07. The van der Waals surface area contributed by atoms with E-state index in [1.54, 1.807) is 6.20 Å². The largest absolute Gasteiger partial charge is 0.383 e. The molecule has 0 aliphatic carbocycles. The number of hydrogen-bond acceptors (Lipinski definition) is 4. The summed E-state index contributed by atoms with van der Waals surface area (Å²) in [6.45, 7) is 1.00. The van der Waals surface area contributed by atoms with Gasteiger partial charge in [0.2, 0.25) is 0 Å². The van der Waals surface area contributed by atoms with Crippen LogP contribution in [0.3, 0.4) is 0 Å². The minimum Gasteiger partial charge on any atom is -0.383 e. The molecule has 1 rings (SSSR count). The fourth-order valence-electron chi connectivity index (χ4n) is 1.43. The molecule has 15 heavy (non-hydrogen) atoms. The predicted molar refractivity (Wildman–Crippen MR) is 63.5 cm³/mol. The number of pyridine rings is 1. The number of rotatable bonds is 5. The summed E-state index contributed by atoms with van der Waals surface area (Å²) >= 11 is 0. The van der Waals surface area contributed by atoms with Crippen LogP contribution >= 0.6 is 0 Å². The Morgan fingerprint density at radius 3 is 2.80 bits per heavy atom. The lowest BCUT2D eigenvalue weighted by atomic mass is 10.0. The van der Waals surface area contributed by atoms with Gasteiger partial charge in [-0.2, -0.15) is 0 Å². The second-order valence-electron chi connectivity index (χ2n) is 4.10. The van der Waals surface area contributed by atoms with Crippen molar-refractivity contribution in [3.63, 3.8) is 0 Å². The van der Waals surface area contributed by atoms with E-state index in [-0.39, 0.29) is 6.04 Å². The van der Waals surface area contributed by atoms with Crippen LogP contribution in [-0.2, 0) is 6.42 Å². The van der Waals surface area contributed by atoms with Crippen molar-refractivity contribution in [3.8, 4) is 0 Å². The molecule has 0 spiro atoms. The number of nitrogens with two attached hydrogens (primary N) is 2. The first kappa shape index (κ1) is 11.9. The van der Waals surface area contributed by atoms with Gasteiger partial charge in [0.05, 0.1) is 0 Å². The van der Waals surface area contributed by atoms with E-state index in [0.29, 0.717) is 5.82 Å². The van der Waals surface area contributed by atoms with Gasteiger partial charge in [-0.15, -0.1) is 0 Å². The van der Waals surface area contributed by atoms with E-state index < -0.39 is 0 Å². The van der Waals surface area contributed by atoms with Crippen molar-refractivity contribution in [2.45, 2.75) is 18.9 Å². The highest BCUT2D eigenvalue weighted by Crippen LogP contribution is 2.10. The van der Waals surface area contributed by atoms with E-state index in [1.807, 2.05) is 26.2 Å². The van der Waals surface area contributed by atoms with Crippen molar-refractivity contribution >= 4 is 5.82 Å². The summed E-state index contributed by atoms with van der Waals surface area (Å²) in [6.07, 6.45) is 3.47. The smallest absolute Gasteiger partial charge is 0.126 e. The summed E-state index contributed by atoms with van der Waals surface area (Å²) in [4.78, 5) is 6.17. The van der Waals surface area contributed by atoms with Crippen LogP contribution in [0.25, 0.3) is 0 Å². The van der Waals surface area contributed by atoms with Crippen LogP contribution in [0.5, 0.6) is 0 Å². The van der Waals surface area contributed by atoms with Crippen molar-refractivity contribution in [1.82, 2.24) is 9.88 Å². The van der Waals surface area contributed by atoms with Gasteiger partial charge < -0.3 is 16.4 Å². The van der Waals surface area contributed by atoms with E-state index >= 15 is 0 Å². The lowest BCUT2D eigenvalue weighted by Gasteiger charge is -2.15. The van der Waals surface area contributed by atoms with Gasteiger partial charge >= 0.3 is 0 Å². The molecule has 4 N–H and O–H groups in total. The molecule has 4 nitrogen and oxygen atoms in total. The Morgan fingerprint density at radius 2 is 2.20 bits per heavy atom. The van der Waals surface area contributed by atoms with Crippen molar-refractivity contribution in [1.29, 1.82) is 0 Å². The van der Waals surface area contributed by atoms with Crippen LogP contribution in [0.1, 0.15) is 12.0 Å². The molecule has 1 atom stereocenters. The molecule has 0 radical (unpaired) electrons. The van der Waals surface area contributed by atoms with Crippen LogP contribution < -0.4 is 11.5 Å². The Kier molecular flexibility index (Phi) is 4.52. The first-order valence-corrected chi connectivity index (χ1v) is 5.19. The van der Waals surface area contributed by atoms with Gasteiger partial charge in [0, 0.05) is 12.2 Å². The maximum atomic E-state index is 6.01. The van der Waals surface area contributed by atoms with Crippen molar-refractivity contribution in [3.05, 3.63) is 23.9 Å². The predicted octanol–water partition coefficient (Wildman–Crippen LogP) is 0.485. The quantitative estimate of drug-likeness (QED) is 0.738. The summed E-state index contributed by atoms with van der Waals surface area (Å²) in [5.41, 5.74) is 12.8. The molecule has 1 aromatic rings. The lowest BCUT2D eigenvalue weighted by molar-refractivity contribution is 0.379. The average Bonchev–Trinajstić information content (AvgIpc) is 2.18. The van der Waals surface area contributed by atoms with Gasteiger partial charge in [-0.05, 0) is 45.1 Å².